The molecule has 1 N–H and O–H groups in total. The van der Waals surface area contributed by atoms with Crippen LogP contribution in [-0.2, 0) is 22.8 Å². The molecule has 0 bridgehead atoms. The molecule has 2 aromatic rings. The van der Waals surface area contributed by atoms with Crippen molar-refractivity contribution in [2.45, 2.75) is 37.8 Å². The topological polar surface area (TPSA) is 85.1 Å². The minimum atomic E-state index is -3.56. The monoisotopic (exact) mass is 327 g/mol. The Morgan fingerprint density at radius 1 is 1.41 bits per heavy atom. The summed E-state index contributed by atoms with van der Waals surface area (Å²) in [7, 11) is -3.56. The molecule has 0 amide bonds. The zero-order valence-corrected chi connectivity index (χ0v) is 13.4. The van der Waals surface area contributed by atoms with Gasteiger partial charge in [-0.2, -0.15) is 4.98 Å². The molecule has 0 aliphatic rings. The van der Waals surface area contributed by atoms with Gasteiger partial charge in [-0.1, -0.05) is 18.1 Å². The van der Waals surface area contributed by atoms with E-state index in [0.29, 0.717) is 30.2 Å². The van der Waals surface area contributed by atoms with E-state index < -0.39 is 15.7 Å². The van der Waals surface area contributed by atoms with Crippen molar-refractivity contribution in [2.24, 2.45) is 0 Å². The van der Waals surface area contributed by atoms with Crippen LogP contribution in [0.1, 0.15) is 37.2 Å². The summed E-state index contributed by atoms with van der Waals surface area (Å²) in [6.07, 6.45) is 1.65. The quantitative estimate of drug-likeness (QED) is 0.874. The smallest absolute Gasteiger partial charge is 0.226 e. The van der Waals surface area contributed by atoms with Crippen molar-refractivity contribution in [3.8, 4) is 0 Å². The summed E-state index contributed by atoms with van der Waals surface area (Å²) in [6, 6.07) is 3.90. The Bertz CT molecular complexity index is 758. The second-order valence-corrected chi connectivity index (χ2v) is 7.01. The number of halogens is 1. The average Bonchev–Trinajstić information content (AvgIpc) is 2.91. The summed E-state index contributed by atoms with van der Waals surface area (Å²) in [4.78, 5) is 3.87. The Kier molecular flexibility index (Phi) is 4.92. The van der Waals surface area contributed by atoms with Crippen LogP contribution in [0.3, 0.4) is 0 Å². The Balaban J connectivity index is 2.06. The largest absolute Gasteiger partial charge is 0.339 e. The number of aryl methyl sites for hydroxylation is 1. The number of aromatic nitrogens is 2. The second-order valence-electron chi connectivity index (χ2n) is 5.02. The maximum absolute atomic E-state index is 13.9. The molecule has 1 aromatic heterocycles. The number of hydrogen-bond donors (Lipinski definition) is 1. The van der Waals surface area contributed by atoms with Gasteiger partial charge < -0.3 is 9.84 Å². The van der Waals surface area contributed by atoms with Crippen molar-refractivity contribution in [3.05, 3.63) is 41.3 Å². The lowest BCUT2D eigenvalue weighted by Crippen LogP contribution is -2.19. The van der Waals surface area contributed by atoms with Crippen LogP contribution in [0.25, 0.3) is 0 Å². The van der Waals surface area contributed by atoms with Gasteiger partial charge in [0.15, 0.2) is 15.7 Å². The first-order valence-corrected chi connectivity index (χ1v) is 8.74. The summed E-state index contributed by atoms with van der Waals surface area (Å²) in [5.41, 5.74) is 0.643. The molecule has 0 aliphatic heterocycles. The summed E-state index contributed by atoms with van der Waals surface area (Å²) < 4.78 is 41.7. The van der Waals surface area contributed by atoms with Gasteiger partial charge in [-0.15, -0.1) is 0 Å². The molecule has 120 valence electrons. The summed E-state index contributed by atoms with van der Waals surface area (Å²) in [5.74, 6) is 0.339. The first-order valence-electron chi connectivity index (χ1n) is 6.85. The number of rotatable bonds is 6. The van der Waals surface area contributed by atoms with Crippen LogP contribution in [0.5, 0.6) is 0 Å². The zero-order valence-electron chi connectivity index (χ0n) is 12.6. The lowest BCUT2D eigenvalue weighted by molar-refractivity contribution is 0.374. The molecule has 1 unspecified atom stereocenters. The van der Waals surface area contributed by atoms with Gasteiger partial charge in [0.25, 0.3) is 0 Å². The van der Waals surface area contributed by atoms with E-state index in [1.807, 2.05) is 13.8 Å². The van der Waals surface area contributed by atoms with Gasteiger partial charge in [0.2, 0.25) is 5.89 Å². The van der Waals surface area contributed by atoms with Crippen LogP contribution in [-0.4, -0.2) is 24.8 Å². The number of benzene rings is 1. The van der Waals surface area contributed by atoms with Gasteiger partial charge in [-0.3, -0.25) is 0 Å². The van der Waals surface area contributed by atoms with Gasteiger partial charge in [0.1, 0.15) is 10.7 Å². The number of sulfone groups is 1. The molecule has 6 nitrogen and oxygen atoms in total. The minimum Gasteiger partial charge on any atom is -0.339 e. The van der Waals surface area contributed by atoms with E-state index in [-0.39, 0.29) is 10.9 Å². The Hall–Kier alpha value is -1.80. The fourth-order valence-electron chi connectivity index (χ4n) is 1.95. The van der Waals surface area contributed by atoms with E-state index in [0.717, 1.165) is 6.26 Å². The average molecular weight is 327 g/mol. The molecule has 1 atom stereocenters. The van der Waals surface area contributed by atoms with Crippen molar-refractivity contribution >= 4 is 9.84 Å². The summed E-state index contributed by atoms with van der Waals surface area (Å²) >= 11 is 0. The number of nitrogens with one attached hydrogen (secondary N) is 1. The molecule has 0 saturated carbocycles. The Morgan fingerprint density at radius 3 is 2.68 bits per heavy atom. The van der Waals surface area contributed by atoms with Crippen LogP contribution in [0.15, 0.2) is 27.6 Å². The highest BCUT2D eigenvalue weighted by molar-refractivity contribution is 7.90. The highest BCUT2D eigenvalue weighted by Crippen LogP contribution is 2.20. The molecule has 0 aliphatic carbocycles. The molecule has 22 heavy (non-hydrogen) atoms. The third kappa shape index (κ3) is 3.89. The molecule has 1 aromatic carbocycles. The lowest BCUT2D eigenvalue weighted by Gasteiger charge is -2.13. The SMILES string of the molecule is CCc1nc(CNC(C)c2ccc(S(C)(=O)=O)c(F)c2)no1. The molecule has 8 heteroatoms. The predicted molar refractivity (Wildman–Crippen MR) is 78.4 cm³/mol. The van der Waals surface area contributed by atoms with Gasteiger partial charge in [0.05, 0.1) is 6.54 Å². The lowest BCUT2D eigenvalue weighted by atomic mass is 10.1. The highest BCUT2D eigenvalue weighted by Gasteiger charge is 2.16. The number of nitrogens with zero attached hydrogens (tertiary/aromatic N) is 2. The van der Waals surface area contributed by atoms with Gasteiger partial charge in [0, 0.05) is 18.7 Å². The number of hydrogen-bond acceptors (Lipinski definition) is 6. The molecule has 0 saturated heterocycles. The zero-order chi connectivity index (χ0) is 16.3. The normalized spacial score (nSPS) is 13.3. The third-order valence-corrected chi connectivity index (χ3v) is 4.36. The molecule has 0 spiro atoms. The van der Waals surface area contributed by atoms with Crippen molar-refractivity contribution in [1.29, 1.82) is 0 Å². The minimum absolute atomic E-state index is 0.188. The van der Waals surface area contributed by atoms with Crippen molar-refractivity contribution in [2.75, 3.05) is 6.26 Å². The first-order chi connectivity index (χ1) is 10.3. The maximum atomic E-state index is 13.9. The third-order valence-electron chi connectivity index (χ3n) is 3.23. The predicted octanol–water partition coefficient (Wildman–Crippen LogP) is 2.03. The van der Waals surface area contributed by atoms with Crippen LogP contribution in [0.4, 0.5) is 4.39 Å². The highest BCUT2D eigenvalue weighted by atomic mass is 32.2. The van der Waals surface area contributed by atoms with Gasteiger partial charge in [-0.05, 0) is 24.6 Å². The van der Waals surface area contributed by atoms with Gasteiger partial charge >= 0.3 is 0 Å². The standard InChI is InChI=1S/C14H18FN3O3S/c1-4-14-17-13(18-21-14)8-16-9(2)10-5-6-12(11(15)7-10)22(3,19)20/h5-7,9,16H,4,8H2,1-3H3. The summed E-state index contributed by atoms with van der Waals surface area (Å²) in [5, 5.41) is 6.95. The van der Waals surface area contributed by atoms with E-state index in [1.54, 1.807) is 6.07 Å². The maximum Gasteiger partial charge on any atom is 0.226 e. The molecule has 0 radical (unpaired) electrons. The Morgan fingerprint density at radius 2 is 2.14 bits per heavy atom. The molecule has 1 heterocycles. The second kappa shape index (κ2) is 6.53. The van der Waals surface area contributed by atoms with Gasteiger partial charge in [-0.25, -0.2) is 12.8 Å². The first kappa shape index (κ1) is 16.6. The van der Waals surface area contributed by atoms with Crippen LogP contribution < -0.4 is 5.32 Å². The van der Waals surface area contributed by atoms with Crippen LogP contribution in [0.2, 0.25) is 0 Å². The van der Waals surface area contributed by atoms with E-state index in [2.05, 4.69) is 15.5 Å². The molecular formula is C14H18FN3O3S. The Labute approximate surface area is 128 Å². The van der Waals surface area contributed by atoms with Crippen LogP contribution in [0, 0.1) is 5.82 Å². The van der Waals surface area contributed by atoms with Crippen LogP contribution >= 0.6 is 0 Å². The van der Waals surface area contributed by atoms with E-state index in [4.69, 9.17) is 4.52 Å². The van der Waals surface area contributed by atoms with Crippen molar-refractivity contribution in [3.63, 3.8) is 0 Å². The molecular weight excluding hydrogens is 309 g/mol. The fraction of sp³-hybridized carbons (Fsp3) is 0.429. The van der Waals surface area contributed by atoms with E-state index in [1.165, 1.54) is 12.1 Å². The molecule has 0 fully saturated rings. The summed E-state index contributed by atoms with van der Waals surface area (Å²) in [6.45, 7) is 4.13. The fourth-order valence-corrected chi connectivity index (χ4v) is 2.68. The van der Waals surface area contributed by atoms with Crippen molar-refractivity contribution in [1.82, 2.24) is 15.5 Å². The molecule has 2 rings (SSSR count). The van der Waals surface area contributed by atoms with E-state index in [9.17, 15) is 12.8 Å². The van der Waals surface area contributed by atoms with E-state index >= 15 is 0 Å². The van der Waals surface area contributed by atoms with Crippen molar-refractivity contribution < 1.29 is 17.3 Å².